The first-order valence-corrected chi connectivity index (χ1v) is 10.5. The molecular weight excluding hydrogens is 404 g/mol. The highest BCUT2D eigenvalue weighted by Crippen LogP contribution is 2.28. The van der Waals surface area contributed by atoms with Crippen LogP contribution >= 0.6 is 0 Å². The average molecular weight is 431 g/mol. The standard InChI is InChI=1S/C25H26N4O3/c1-28(2)24(31)25(16-19-7-5-8-20(15-19)21-9-6-11-26-17-21)18-29(13-14-32-25)23(30)22-10-3-4-12-27-22/h3-12,15,17H,13-14,16,18H2,1-2H3/t25-/m1/s1. The normalized spacial score (nSPS) is 18.2. The second-order valence-electron chi connectivity index (χ2n) is 8.10. The molecule has 1 aliphatic heterocycles. The second-order valence-corrected chi connectivity index (χ2v) is 8.10. The van der Waals surface area contributed by atoms with Gasteiger partial charge in [0.2, 0.25) is 0 Å². The summed E-state index contributed by atoms with van der Waals surface area (Å²) in [6, 6.07) is 17.1. The number of carbonyl (C=O) groups excluding carboxylic acids is 2. The van der Waals surface area contributed by atoms with Crippen LogP contribution in [0.5, 0.6) is 0 Å². The lowest BCUT2D eigenvalue weighted by Gasteiger charge is -2.42. The predicted octanol–water partition coefficient (Wildman–Crippen LogP) is 2.69. The summed E-state index contributed by atoms with van der Waals surface area (Å²) in [5.74, 6) is -0.364. The largest absolute Gasteiger partial charge is 0.361 e. The average Bonchev–Trinajstić information content (AvgIpc) is 2.84. The van der Waals surface area contributed by atoms with Crippen molar-refractivity contribution in [3.05, 3.63) is 84.4 Å². The maximum Gasteiger partial charge on any atom is 0.272 e. The zero-order valence-electron chi connectivity index (χ0n) is 18.3. The summed E-state index contributed by atoms with van der Waals surface area (Å²) in [5, 5.41) is 0. The number of likely N-dealkylation sites (N-methyl/N-ethyl adjacent to an activating group) is 1. The van der Waals surface area contributed by atoms with Gasteiger partial charge in [0.05, 0.1) is 13.2 Å². The molecule has 4 rings (SSSR count). The molecule has 32 heavy (non-hydrogen) atoms. The van der Waals surface area contributed by atoms with E-state index < -0.39 is 5.60 Å². The van der Waals surface area contributed by atoms with Gasteiger partial charge in [-0.2, -0.15) is 0 Å². The SMILES string of the molecule is CN(C)C(=O)[C@@]1(Cc2cccc(-c3cccnc3)c2)CN(C(=O)c2ccccn2)CCO1. The minimum atomic E-state index is -1.17. The van der Waals surface area contributed by atoms with Crippen molar-refractivity contribution in [2.24, 2.45) is 0 Å². The Balaban J connectivity index is 1.64. The number of hydrogen-bond acceptors (Lipinski definition) is 5. The van der Waals surface area contributed by atoms with E-state index in [1.54, 1.807) is 49.6 Å². The van der Waals surface area contributed by atoms with Gasteiger partial charge in [0.25, 0.3) is 11.8 Å². The number of morpholine rings is 1. The summed E-state index contributed by atoms with van der Waals surface area (Å²) in [6.07, 6.45) is 5.49. The molecule has 1 fully saturated rings. The molecule has 1 atom stereocenters. The van der Waals surface area contributed by atoms with E-state index in [-0.39, 0.29) is 25.0 Å². The van der Waals surface area contributed by atoms with E-state index in [0.717, 1.165) is 16.7 Å². The number of rotatable bonds is 5. The Hall–Kier alpha value is -3.58. The Morgan fingerprint density at radius 1 is 1.06 bits per heavy atom. The van der Waals surface area contributed by atoms with Crippen LogP contribution in [0.1, 0.15) is 16.1 Å². The summed E-state index contributed by atoms with van der Waals surface area (Å²) in [7, 11) is 3.41. The molecule has 0 saturated carbocycles. The van der Waals surface area contributed by atoms with Gasteiger partial charge >= 0.3 is 0 Å². The molecule has 3 heterocycles. The van der Waals surface area contributed by atoms with Crippen LogP contribution in [-0.2, 0) is 16.0 Å². The predicted molar refractivity (Wildman–Crippen MR) is 121 cm³/mol. The van der Waals surface area contributed by atoms with E-state index in [1.807, 2.05) is 42.6 Å². The number of benzene rings is 1. The number of carbonyl (C=O) groups is 2. The Morgan fingerprint density at radius 3 is 2.62 bits per heavy atom. The van der Waals surface area contributed by atoms with Gasteiger partial charge in [0.15, 0.2) is 5.60 Å². The molecule has 0 spiro atoms. The molecule has 164 valence electrons. The van der Waals surface area contributed by atoms with Crippen molar-refractivity contribution >= 4 is 11.8 Å². The minimum absolute atomic E-state index is 0.163. The lowest BCUT2D eigenvalue weighted by molar-refractivity contribution is -0.165. The Bertz CT molecular complexity index is 1090. The van der Waals surface area contributed by atoms with Gasteiger partial charge in [-0.05, 0) is 34.9 Å². The summed E-state index contributed by atoms with van der Waals surface area (Å²) >= 11 is 0. The molecule has 2 amide bonds. The first-order valence-electron chi connectivity index (χ1n) is 10.5. The fraction of sp³-hybridized carbons (Fsp3) is 0.280. The van der Waals surface area contributed by atoms with Gasteiger partial charge in [-0.3, -0.25) is 19.6 Å². The van der Waals surface area contributed by atoms with Crippen LogP contribution in [0.15, 0.2) is 73.2 Å². The van der Waals surface area contributed by atoms with Crippen LogP contribution in [0.25, 0.3) is 11.1 Å². The fourth-order valence-corrected chi connectivity index (χ4v) is 4.05. The molecule has 0 unspecified atom stereocenters. The molecule has 0 radical (unpaired) electrons. The highest BCUT2D eigenvalue weighted by atomic mass is 16.5. The van der Waals surface area contributed by atoms with Crippen molar-refractivity contribution in [2.45, 2.75) is 12.0 Å². The second kappa shape index (κ2) is 9.28. The van der Waals surface area contributed by atoms with Crippen molar-refractivity contribution in [1.82, 2.24) is 19.8 Å². The van der Waals surface area contributed by atoms with E-state index in [1.165, 1.54) is 4.90 Å². The van der Waals surface area contributed by atoms with Crippen LogP contribution in [-0.4, -0.2) is 71.0 Å². The van der Waals surface area contributed by atoms with Crippen molar-refractivity contribution in [2.75, 3.05) is 33.8 Å². The minimum Gasteiger partial charge on any atom is -0.361 e. The van der Waals surface area contributed by atoms with Crippen molar-refractivity contribution in [3.8, 4) is 11.1 Å². The summed E-state index contributed by atoms with van der Waals surface area (Å²) in [6.45, 7) is 0.852. The zero-order chi connectivity index (χ0) is 22.6. The van der Waals surface area contributed by atoms with Gasteiger partial charge in [0, 0.05) is 45.7 Å². The highest BCUT2D eigenvalue weighted by molar-refractivity contribution is 5.93. The molecule has 0 aliphatic carbocycles. The molecule has 1 aliphatic rings. The molecule has 3 aromatic rings. The van der Waals surface area contributed by atoms with Crippen molar-refractivity contribution < 1.29 is 14.3 Å². The van der Waals surface area contributed by atoms with Crippen molar-refractivity contribution in [1.29, 1.82) is 0 Å². The molecule has 0 N–H and O–H groups in total. The van der Waals surface area contributed by atoms with Crippen LogP contribution in [0.4, 0.5) is 0 Å². The van der Waals surface area contributed by atoms with Crippen LogP contribution in [0, 0.1) is 0 Å². The fourth-order valence-electron chi connectivity index (χ4n) is 4.05. The summed E-state index contributed by atoms with van der Waals surface area (Å²) in [4.78, 5) is 37.9. The Morgan fingerprint density at radius 2 is 1.91 bits per heavy atom. The van der Waals surface area contributed by atoms with Crippen LogP contribution in [0.3, 0.4) is 0 Å². The highest BCUT2D eigenvalue weighted by Gasteiger charge is 2.46. The third kappa shape index (κ3) is 4.53. The maximum atomic E-state index is 13.3. The molecule has 1 aromatic carbocycles. The molecule has 2 aromatic heterocycles. The molecule has 7 nitrogen and oxygen atoms in total. The van der Waals surface area contributed by atoms with E-state index >= 15 is 0 Å². The quantitative estimate of drug-likeness (QED) is 0.622. The van der Waals surface area contributed by atoms with Gasteiger partial charge in [-0.25, -0.2) is 0 Å². The third-order valence-corrected chi connectivity index (χ3v) is 5.56. The number of amides is 2. The van der Waals surface area contributed by atoms with E-state index in [9.17, 15) is 9.59 Å². The summed E-state index contributed by atoms with van der Waals surface area (Å²) < 4.78 is 6.14. The molecular formula is C25H26N4O3. The molecule has 0 bridgehead atoms. The van der Waals surface area contributed by atoms with Crippen LogP contribution < -0.4 is 0 Å². The lowest BCUT2D eigenvalue weighted by atomic mass is 9.89. The molecule has 1 saturated heterocycles. The van der Waals surface area contributed by atoms with Crippen molar-refractivity contribution in [3.63, 3.8) is 0 Å². The van der Waals surface area contributed by atoms with Gasteiger partial charge < -0.3 is 14.5 Å². The van der Waals surface area contributed by atoms with E-state index in [4.69, 9.17) is 4.74 Å². The van der Waals surface area contributed by atoms with E-state index in [0.29, 0.717) is 18.7 Å². The maximum absolute atomic E-state index is 13.3. The number of hydrogen-bond donors (Lipinski definition) is 0. The van der Waals surface area contributed by atoms with E-state index in [2.05, 4.69) is 9.97 Å². The number of aromatic nitrogens is 2. The lowest BCUT2D eigenvalue weighted by Crippen LogP contribution is -2.61. The first-order chi connectivity index (χ1) is 15.5. The number of pyridine rings is 2. The van der Waals surface area contributed by atoms with Crippen LogP contribution in [0.2, 0.25) is 0 Å². The number of nitrogens with zero attached hydrogens (tertiary/aromatic N) is 4. The summed E-state index contributed by atoms with van der Waals surface area (Å²) in [5.41, 5.74) is 2.16. The van der Waals surface area contributed by atoms with Gasteiger partial charge in [-0.15, -0.1) is 0 Å². The van der Waals surface area contributed by atoms with Gasteiger partial charge in [-0.1, -0.05) is 36.4 Å². The smallest absolute Gasteiger partial charge is 0.272 e. The van der Waals surface area contributed by atoms with Gasteiger partial charge in [0.1, 0.15) is 5.69 Å². The third-order valence-electron chi connectivity index (χ3n) is 5.56. The zero-order valence-corrected chi connectivity index (χ0v) is 18.3. The topological polar surface area (TPSA) is 75.6 Å². The number of ether oxygens (including phenoxy) is 1. The Kier molecular flexibility index (Phi) is 6.28. The first kappa shape index (κ1) is 21.6. The Labute approximate surface area is 187 Å². The monoisotopic (exact) mass is 430 g/mol. The molecule has 7 heteroatoms.